The third-order valence-electron chi connectivity index (χ3n) is 3.39. The maximum atomic E-state index is 5.65. The summed E-state index contributed by atoms with van der Waals surface area (Å²) in [7, 11) is 0. The number of nitrogens with one attached hydrogen (secondary N) is 1. The molecule has 5 heteroatoms. The zero-order valence-electron chi connectivity index (χ0n) is 13.9. The predicted octanol–water partition coefficient (Wildman–Crippen LogP) is 2.91. The Morgan fingerprint density at radius 2 is 1.85 bits per heavy atom. The van der Waals surface area contributed by atoms with Gasteiger partial charge in [0.05, 0.1) is 0 Å². The zero-order valence-corrected chi connectivity index (χ0v) is 13.9. The quantitative estimate of drug-likeness (QED) is 0.833. The van der Waals surface area contributed by atoms with E-state index in [-0.39, 0.29) is 5.41 Å². The second-order valence-electron chi connectivity index (χ2n) is 6.64. The topological polar surface area (TPSA) is 60.2 Å². The van der Waals surface area contributed by atoms with Crippen molar-refractivity contribution < 1.29 is 9.26 Å². The number of likely N-dealkylation sites (N-methyl/N-ethyl adjacent to an activating group) is 1. The van der Waals surface area contributed by atoms with Crippen molar-refractivity contribution in [2.45, 2.75) is 66.5 Å². The van der Waals surface area contributed by atoms with Gasteiger partial charge in [0.2, 0.25) is 11.7 Å². The Morgan fingerprint density at radius 3 is 2.35 bits per heavy atom. The standard InChI is InChI=1S/C15H29N3O2/c1-8-16-11(14(3,4)5)10-12-17-13(18-20-12)15(6,7)19-9-2/h11,16H,8-10H2,1-7H3. The average Bonchev–Trinajstić information content (AvgIpc) is 2.76. The molecule has 0 amide bonds. The first-order chi connectivity index (χ1) is 9.20. The van der Waals surface area contributed by atoms with Crippen molar-refractivity contribution in [1.82, 2.24) is 15.5 Å². The molecule has 0 radical (unpaired) electrons. The largest absolute Gasteiger partial charge is 0.368 e. The van der Waals surface area contributed by atoms with E-state index in [0.29, 0.717) is 24.4 Å². The first-order valence-electron chi connectivity index (χ1n) is 7.41. The molecule has 0 aliphatic rings. The lowest BCUT2D eigenvalue weighted by atomic mass is 9.84. The van der Waals surface area contributed by atoms with E-state index in [4.69, 9.17) is 9.26 Å². The molecular formula is C15H29N3O2. The van der Waals surface area contributed by atoms with E-state index in [2.05, 4.69) is 43.2 Å². The maximum absolute atomic E-state index is 5.65. The first-order valence-corrected chi connectivity index (χ1v) is 7.41. The fourth-order valence-corrected chi connectivity index (χ4v) is 2.11. The van der Waals surface area contributed by atoms with Crippen LogP contribution in [0.15, 0.2) is 4.52 Å². The predicted molar refractivity (Wildman–Crippen MR) is 79.6 cm³/mol. The SMILES string of the molecule is CCNC(Cc1nc(C(C)(C)OCC)no1)C(C)(C)C. The van der Waals surface area contributed by atoms with Crippen molar-refractivity contribution in [2.75, 3.05) is 13.2 Å². The maximum Gasteiger partial charge on any atom is 0.228 e. The normalized spacial score (nSPS) is 14.6. The summed E-state index contributed by atoms with van der Waals surface area (Å²) in [6.45, 7) is 16.2. The van der Waals surface area contributed by atoms with Crippen LogP contribution in [0.5, 0.6) is 0 Å². The van der Waals surface area contributed by atoms with Gasteiger partial charge in [0, 0.05) is 19.1 Å². The van der Waals surface area contributed by atoms with Crippen LogP contribution in [0.1, 0.15) is 60.2 Å². The second kappa shape index (κ2) is 6.68. The lowest BCUT2D eigenvalue weighted by molar-refractivity contribution is -0.0221. The molecule has 1 aromatic rings. The van der Waals surface area contributed by atoms with E-state index in [1.54, 1.807) is 0 Å². The van der Waals surface area contributed by atoms with Crippen molar-refractivity contribution in [1.29, 1.82) is 0 Å². The minimum absolute atomic E-state index is 0.139. The number of aromatic nitrogens is 2. The van der Waals surface area contributed by atoms with Gasteiger partial charge in [0.15, 0.2) is 0 Å². The smallest absolute Gasteiger partial charge is 0.228 e. The van der Waals surface area contributed by atoms with Gasteiger partial charge in [-0.15, -0.1) is 0 Å². The van der Waals surface area contributed by atoms with Gasteiger partial charge >= 0.3 is 0 Å². The summed E-state index contributed by atoms with van der Waals surface area (Å²) in [5, 5.41) is 7.55. The highest BCUT2D eigenvalue weighted by Gasteiger charge is 2.30. The van der Waals surface area contributed by atoms with Crippen LogP contribution < -0.4 is 5.32 Å². The Bertz CT molecular complexity index is 407. The number of hydrogen-bond acceptors (Lipinski definition) is 5. The van der Waals surface area contributed by atoms with Gasteiger partial charge in [-0.3, -0.25) is 0 Å². The average molecular weight is 283 g/mol. The molecule has 5 nitrogen and oxygen atoms in total. The number of rotatable bonds is 7. The third-order valence-corrected chi connectivity index (χ3v) is 3.39. The van der Waals surface area contributed by atoms with E-state index in [1.807, 2.05) is 20.8 Å². The van der Waals surface area contributed by atoms with Crippen molar-refractivity contribution in [3.05, 3.63) is 11.7 Å². The van der Waals surface area contributed by atoms with Gasteiger partial charge in [-0.2, -0.15) is 4.98 Å². The highest BCUT2D eigenvalue weighted by molar-refractivity contribution is 4.99. The van der Waals surface area contributed by atoms with E-state index >= 15 is 0 Å². The Balaban J connectivity index is 2.81. The Hall–Kier alpha value is -0.940. The molecule has 0 spiro atoms. The molecule has 0 aliphatic heterocycles. The van der Waals surface area contributed by atoms with Gasteiger partial charge in [-0.05, 0) is 32.7 Å². The fourth-order valence-electron chi connectivity index (χ4n) is 2.11. The molecule has 0 saturated heterocycles. The molecule has 1 atom stereocenters. The van der Waals surface area contributed by atoms with Crippen LogP contribution in [0.25, 0.3) is 0 Å². The number of ether oxygens (including phenoxy) is 1. The van der Waals surface area contributed by atoms with E-state index in [0.717, 1.165) is 13.0 Å². The van der Waals surface area contributed by atoms with Gasteiger partial charge in [-0.1, -0.05) is 32.9 Å². The van der Waals surface area contributed by atoms with E-state index in [1.165, 1.54) is 0 Å². The molecule has 0 fully saturated rings. The minimum atomic E-state index is -0.508. The van der Waals surface area contributed by atoms with Crippen LogP contribution >= 0.6 is 0 Å². The Kier molecular flexibility index (Phi) is 5.71. The molecule has 1 rings (SSSR count). The van der Waals surface area contributed by atoms with Crippen LogP contribution in [0.3, 0.4) is 0 Å². The first kappa shape index (κ1) is 17.1. The summed E-state index contributed by atoms with van der Waals surface area (Å²) in [5.41, 5.74) is -0.369. The lowest BCUT2D eigenvalue weighted by Gasteiger charge is -2.30. The Labute approximate surface area is 122 Å². The summed E-state index contributed by atoms with van der Waals surface area (Å²) in [6, 6.07) is 0.302. The lowest BCUT2D eigenvalue weighted by Crippen LogP contribution is -2.42. The monoisotopic (exact) mass is 283 g/mol. The molecule has 1 N–H and O–H groups in total. The molecule has 0 aliphatic carbocycles. The summed E-state index contributed by atoms with van der Waals surface area (Å²) < 4.78 is 11.0. The highest BCUT2D eigenvalue weighted by Crippen LogP contribution is 2.25. The van der Waals surface area contributed by atoms with Crippen molar-refractivity contribution in [3.8, 4) is 0 Å². The van der Waals surface area contributed by atoms with Crippen LogP contribution in [-0.4, -0.2) is 29.3 Å². The van der Waals surface area contributed by atoms with Crippen LogP contribution in [-0.2, 0) is 16.8 Å². The molecule has 0 bridgehead atoms. The molecule has 1 aromatic heterocycles. The molecule has 1 unspecified atom stereocenters. The molecule has 0 saturated carbocycles. The number of hydrogen-bond donors (Lipinski definition) is 1. The molecule has 0 aromatic carbocycles. The second-order valence-corrected chi connectivity index (χ2v) is 6.64. The van der Waals surface area contributed by atoms with Crippen molar-refractivity contribution in [2.24, 2.45) is 5.41 Å². The minimum Gasteiger partial charge on any atom is -0.368 e. The summed E-state index contributed by atoms with van der Waals surface area (Å²) >= 11 is 0. The van der Waals surface area contributed by atoms with Crippen LogP contribution in [0.4, 0.5) is 0 Å². The number of nitrogens with zero attached hydrogens (tertiary/aromatic N) is 2. The summed E-state index contributed by atoms with van der Waals surface area (Å²) in [4.78, 5) is 4.49. The van der Waals surface area contributed by atoms with Crippen LogP contribution in [0.2, 0.25) is 0 Å². The fraction of sp³-hybridized carbons (Fsp3) is 0.867. The van der Waals surface area contributed by atoms with Crippen molar-refractivity contribution >= 4 is 0 Å². The molecular weight excluding hydrogens is 254 g/mol. The zero-order chi connectivity index (χ0) is 15.4. The van der Waals surface area contributed by atoms with Gasteiger partial charge in [0.25, 0.3) is 0 Å². The van der Waals surface area contributed by atoms with Gasteiger partial charge < -0.3 is 14.6 Å². The van der Waals surface area contributed by atoms with E-state index in [9.17, 15) is 0 Å². The summed E-state index contributed by atoms with van der Waals surface area (Å²) in [5.74, 6) is 1.27. The highest BCUT2D eigenvalue weighted by atomic mass is 16.5. The van der Waals surface area contributed by atoms with Gasteiger partial charge in [-0.25, -0.2) is 0 Å². The van der Waals surface area contributed by atoms with Gasteiger partial charge in [0.1, 0.15) is 5.60 Å². The molecule has 1 heterocycles. The molecule has 116 valence electrons. The Morgan fingerprint density at radius 1 is 1.20 bits per heavy atom. The third kappa shape index (κ3) is 4.56. The molecule has 20 heavy (non-hydrogen) atoms. The van der Waals surface area contributed by atoms with E-state index < -0.39 is 5.60 Å². The van der Waals surface area contributed by atoms with Crippen molar-refractivity contribution in [3.63, 3.8) is 0 Å². The van der Waals surface area contributed by atoms with Crippen LogP contribution in [0, 0.1) is 5.41 Å². The summed E-state index contributed by atoms with van der Waals surface area (Å²) in [6.07, 6.45) is 0.729.